The van der Waals surface area contributed by atoms with E-state index in [1.54, 1.807) is 0 Å². The molecule has 4 nitrogen and oxygen atoms in total. The molecular weight excluding hydrogens is 320 g/mol. The highest BCUT2D eigenvalue weighted by Gasteiger charge is 2.17. The van der Waals surface area contributed by atoms with Crippen molar-refractivity contribution in [3.8, 4) is 0 Å². The lowest BCUT2D eigenvalue weighted by Crippen LogP contribution is -2.33. The SMILES string of the molecule is Cc1cc(N2CCC(C)CC2)nc(NCCc2cccc(Cl)c2)n1. The summed E-state index contributed by atoms with van der Waals surface area (Å²) < 4.78 is 0. The first kappa shape index (κ1) is 17.0. The van der Waals surface area contributed by atoms with Crippen LogP contribution in [0.25, 0.3) is 0 Å². The number of hydrogen-bond donors (Lipinski definition) is 1. The van der Waals surface area contributed by atoms with E-state index in [9.17, 15) is 0 Å². The van der Waals surface area contributed by atoms with Crippen LogP contribution < -0.4 is 10.2 Å². The predicted octanol–water partition coefficient (Wildman–Crippen LogP) is 4.33. The molecule has 128 valence electrons. The Labute approximate surface area is 149 Å². The Morgan fingerprint density at radius 1 is 1.21 bits per heavy atom. The van der Waals surface area contributed by atoms with Gasteiger partial charge in [-0.1, -0.05) is 30.7 Å². The summed E-state index contributed by atoms with van der Waals surface area (Å²) in [6, 6.07) is 10.0. The van der Waals surface area contributed by atoms with Crippen molar-refractivity contribution < 1.29 is 0 Å². The molecule has 2 heterocycles. The van der Waals surface area contributed by atoms with Gasteiger partial charge in [-0.3, -0.25) is 0 Å². The van der Waals surface area contributed by atoms with E-state index in [1.165, 1.54) is 18.4 Å². The highest BCUT2D eigenvalue weighted by molar-refractivity contribution is 6.30. The van der Waals surface area contributed by atoms with E-state index in [0.29, 0.717) is 5.95 Å². The summed E-state index contributed by atoms with van der Waals surface area (Å²) in [5.74, 6) is 2.57. The van der Waals surface area contributed by atoms with E-state index in [2.05, 4.69) is 34.3 Å². The minimum Gasteiger partial charge on any atom is -0.356 e. The molecule has 3 rings (SSSR count). The van der Waals surface area contributed by atoms with Crippen LogP contribution in [0.15, 0.2) is 30.3 Å². The molecule has 1 fully saturated rings. The van der Waals surface area contributed by atoms with Crippen molar-refractivity contribution in [1.82, 2.24) is 9.97 Å². The molecule has 24 heavy (non-hydrogen) atoms. The lowest BCUT2D eigenvalue weighted by Gasteiger charge is -2.31. The summed E-state index contributed by atoms with van der Waals surface area (Å²) in [6.45, 7) is 7.31. The summed E-state index contributed by atoms with van der Waals surface area (Å²) in [7, 11) is 0. The van der Waals surface area contributed by atoms with Gasteiger partial charge in [0.25, 0.3) is 0 Å². The first-order valence-corrected chi connectivity index (χ1v) is 9.07. The molecular formula is C19H25ClN4. The summed E-state index contributed by atoms with van der Waals surface area (Å²) in [4.78, 5) is 11.6. The molecule has 1 N–H and O–H groups in total. The normalized spacial score (nSPS) is 15.5. The molecule has 1 aliphatic rings. The second-order valence-corrected chi connectivity index (χ2v) is 7.10. The minimum absolute atomic E-state index is 0.714. The van der Waals surface area contributed by atoms with Crippen LogP contribution in [0.3, 0.4) is 0 Å². The van der Waals surface area contributed by atoms with Crippen molar-refractivity contribution in [2.24, 2.45) is 5.92 Å². The van der Waals surface area contributed by atoms with Crippen LogP contribution >= 0.6 is 11.6 Å². The van der Waals surface area contributed by atoms with Crippen molar-refractivity contribution >= 4 is 23.4 Å². The lowest BCUT2D eigenvalue weighted by molar-refractivity contribution is 0.436. The predicted molar refractivity (Wildman–Crippen MR) is 101 cm³/mol. The van der Waals surface area contributed by atoms with E-state index < -0.39 is 0 Å². The third-order valence-corrected chi connectivity index (χ3v) is 4.77. The van der Waals surface area contributed by atoms with Gasteiger partial charge in [0.2, 0.25) is 5.95 Å². The zero-order chi connectivity index (χ0) is 16.9. The van der Waals surface area contributed by atoms with Crippen molar-refractivity contribution in [1.29, 1.82) is 0 Å². The first-order valence-electron chi connectivity index (χ1n) is 8.69. The second kappa shape index (κ2) is 7.84. The molecule has 1 aliphatic heterocycles. The second-order valence-electron chi connectivity index (χ2n) is 6.67. The maximum Gasteiger partial charge on any atom is 0.224 e. The van der Waals surface area contributed by atoms with Crippen LogP contribution in [0, 0.1) is 12.8 Å². The van der Waals surface area contributed by atoms with E-state index in [0.717, 1.165) is 48.5 Å². The first-order chi connectivity index (χ1) is 11.6. The quantitative estimate of drug-likeness (QED) is 0.876. The van der Waals surface area contributed by atoms with Crippen LogP contribution in [-0.4, -0.2) is 29.6 Å². The molecule has 0 saturated carbocycles. The van der Waals surface area contributed by atoms with Crippen LogP contribution in [0.2, 0.25) is 5.02 Å². The number of anilines is 2. The Hall–Kier alpha value is -1.81. The molecule has 0 unspecified atom stereocenters. The zero-order valence-electron chi connectivity index (χ0n) is 14.4. The van der Waals surface area contributed by atoms with Gasteiger partial charge in [-0.2, -0.15) is 4.98 Å². The molecule has 5 heteroatoms. The number of aromatic nitrogens is 2. The topological polar surface area (TPSA) is 41.1 Å². The third-order valence-electron chi connectivity index (χ3n) is 4.53. The Morgan fingerprint density at radius 3 is 2.75 bits per heavy atom. The molecule has 0 spiro atoms. The zero-order valence-corrected chi connectivity index (χ0v) is 15.2. The molecule has 0 bridgehead atoms. The van der Waals surface area contributed by atoms with Crippen molar-refractivity contribution in [2.75, 3.05) is 29.9 Å². The highest BCUT2D eigenvalue weighted by atomic mass is 35.5. The Balaban J connectivity index is 1.61. The minimum atomic E-state index is 0.714. The van der Waals surface area contributed by atoms with Crippen molar-refractivity contribution in [3.63, 3.8) is 0 Å². The molecule has 1 saturated heterocycles. The monoisotopic (exact) mass is 344 g/mol. The van der Waals surface area contributed by atoms with Crippen molar-refractivity contribution in [3.05, 3.63) is 46.6 Å². The average molecular weight is 345 g/mol. The van der Waals surface area contributed by atoms with Gasteiger partial charge in [0.1, 0.15) is 5.82 Å². The number of nitrogens with zero attached hydrogens (tertiary/aromatic N) is 3. The molecule has 0 amide bonds. The van der Waals surface area contributed by atoms with Crippen molar-refractivity contribution in [2.45, 2.75) is 33.1 Å². The van der Waals surface area contributed by atoms with E-state index in [4.69, 9.17) is 16.6 Å². The van der Waals surface area contributed by atoms with Gasteiger partial charge in [0, 0.05) is 36.4 Å². The highest BCUT2D eigenvalue weighted by Crippen LogP contribution is 2.22. The molecule has 0 aliphatic carbocycles. The third kappa shape index (κ3) is 4.60. The average Bonchev–Trinajstić information content (AvgIpc) is 2.55. The Morgan fingerprint density at radius 2 is 2.00 bits per heavy atom. The molecule has 2 aromatic rings. The maximum atomic E-state index is 6.03. The van der Waals surface area contributed by atoms with Crippen LogP contribution in [0.1, 0.15) is 31.0 Å². The number of nitrogens with one attached hydrogen (secondary N) is 1. The van der Waals surface area contributed by atoms with Gasteiger partial charge >= 0.3 is 0 Å². The van der Waals surface area contributed by atoms with E-state index >= 15 is 0 Å². The molecule has 0 radical (unpaired) electrons. The fourth-order valence-electron chi connectivity index (χ4n) is 3.04. The van der Waals surface area contributed by atoms with E-state index in [1.807, 2.05) is 25.1 Å². The Bertz CT molecular complexity index is 681. The smallest absolute Gasteiger partial charge is 0.224 e. The van der Waals surface area contributed by atoms with Gasteiger partial charge in [-0.25, -0.2) is 4.98 Å². The summed E-state index contributed by atoms with van der Waals surface area (Å²) in [6.07, 6.45) is 3.37. The van der Waals surface area contributed by atoms with Gasteiger partial charge < -0.3 is 10.2 Å². The standard InChI is InChI=1S/C19H25ClN4/c1-14-7-10-24(11-8-14)18-12-15(2)22-19(23-18)21-9-6-16-4-3-5-17(20)13-16/h3-5,12-14H,6-11H2,1-2H3,(H,21,22,23). The Kier molecular flexibility index (Phi) is 5.56. The van der Waals surface area contributed by atoms with Gasteiger partial charge in [-0.15, -0.1) is 0 Å². The number of halogens is 1. The number of aryl methyl sites for hydroxylation is 1. The van der Waals surface area contributed by atoms with Crippen LogP contribution in [-0.2, 0) is 6.42 Å². The van der Waals surface area contributed by atoms with Crippen LogP contribution in [0.4, 0.5) is 11.8 Å². The number of rotatable bonds is 5. The van der Waals surface area contributed by atoms with Gasteiger partial charge in [0.15, 0.2) is 0 Å². The van der Waals surface area contributed by atoms with Gasteiger partial charge in [0.05, 0.1) is 0 Å². The molecule has 0 atom stereocenters. The number of hydrogen-bond acceptors (Lipinski definition) is 4. The fourth-order valence-corrected chi connectivity index (χ4v) is 3.25. The molecule has 1 aromatic heterocycles. The maximum absolute atomic E-state index is 6.03. The van der Waals surface area contributed by atoms with Gasteiger partial charge in [-0.05, 0) is 49.8 Å². The fraction of sp³-hybridized carbons (Fsp3) is 0.474. The number of piperidine rings is 1. The summed E-state index contributed by atoms with van der Waals surface area (Å²) in [5.41, 5.74) is 2.22. The van der Waals surface area contributed by atoms with E-state index in [-0.39, 0.29) is 0 Å². The summed E-state index contributed by atoms with van der Waals surface area (Å²) in [5, 5.41) is 4.13. The largest absolute Gasteiger partial charge is 0.356 e. The van der Waals surface area contributed by atoms with Crippen LogP contribution in [0.5, 0.6) is 0 Å². The summed E-state index contributed by atoms with van der Waals surface area (Å²) >= 11 is 6.03. The number of benzene rings is 1. The lowest BCUT2D eigenvalue weighted by atomic mass is 9.99. The molecule has 1 aromatic carbocycles.